The van der Waals surface area contributed by atoms with E-state index in [1.54, 1.807) is 11.1 Å². The van der Waals surface area contributed by atoms with E-state index in [0.29, 0.717) is 11.5 Å². The van der Waals surface area contributed by atoms with Gasteiger partial charge in [-0.3, -0.25) is 0 Å². The molecule has 4 aliphatic rings. The molecule has 1 heteroatoms. The molecule has 0 amide bonds. The fourth-order valence-corrected chi connectivity index (χ4v) is 5.33. The maximum absolute atomic E-state index is 6.33. The summed E-state index contributed by atoms with van der Waals surface area (Å²) in [5.41, 5.74) is 3.54. The van der Waals surface area contributed by atoms with Crippen LogP contribution in [0.4, 0.5) is 0 Å². The second kappa shape index (κ2) is 3.01. The van der Waals surface area contributed by atoms with Crippen molar-refractivity contribution >= 4 is 0 Å². The Bertz CT molecular complexity index is 559. The quantitative estimate of drug-likeness (QED) is 0.627. The van der Waals surface area contributed by atoms with Crippen molar-refractivity contribution in [3.63, 3.8) is 0 Å². The Hall–Kier alpha value is -1.24. The van der Waals surface area contributed by atoms with Gasteiger partial charge >= 0.3 is 0 Å². The van der Waals surface area contributed by atoms with Gasteiger partial charge in [-0.05, 0) is 42.7 Å². The normalized spacial score (nSPS) is 42.3. The standard InChI is InChI=1S/C17H18O/c1-4-12-10-11-5-3-9-17-13(11)6-2-8-15(17)18-14(7-1)16(12)17/h1-2,4,6-7,11,13,15H,3,5,8-10H2/t11-,13?,15?,17-/m1/s1. The lowest BCUT2D eigenvalue weighted by Gasteiger charge is -2.52. The summed E-state index contributed by atoms with van der Waals surface area (Å²) in [5.74, 6) is 2.81. The minimum absolute atomic E-state index is 0.349. The van der Waals surface area contributed by atoms with Gasteiger partial charge in [0, 0.05) is 17.4 Å². The molecule has 1 aliphatic heterocycles. The first-order valence-corrected chi connectivity index (χ1v) is 7.35. The van der Waals surface area contributed by atoms with E-state index >= 15 is 0 Å². The van der Waals surface area contributed by atoms with Crippen molar-refractivity contribution in [3.8, 4) is 5.75 Å². The molecule has 3 aliphatic carbocycles. The molecule has 1 nitrogen and oxygen atoms in total. The summed E-state index contributed by atoms with van der Waals surface area (Å²) in [4.78, 5) is 0. The highest BCUT2D eigenvalue weighted by atomic mass is 16.5. The molecule has 4 atom stereocenters. The highest BCUT2D eigenvalue weighted by molar-refractivity contribution is 5.55. The van der Waals surface area contributed by atoms with E-state index in [4.69, 9.17) is 4.74 Å². The van der Waals surface area contributed by atoms with Crippen LogP contribution in [0, 0.1) is 11.8 Å². The lowest BCUT2D eigenvalue weighted by atomic mass is 9.50. The number of rotatable bonds is 0. The Kier molecular flexibility index (Phi) is 1.62. The molecule has 1 heterocycles. The molecule has 1 saturated carbocycles. The zero-order valence-corrected chi connectivity index (χ0v) is 10.6. The Balaban J connectivity index is 1.86. The van der Waals surface area contributed by atoms with Crippen molar-refractivity contribution in [2.24, 2.45) is 11.8 Å². The van der Waals surface area contributed by atoms with E-state index in [9.17, 15) is 0 Å². The van der Waals surface area contributed by atoms with Gasteiger partial charge in [0.2, 0.25) is 0 Å². The lowest BCUT2D eigenvalue weighted by Crippen LogP contribution is -2.53. The van der Waals surface area contributed by atoms with Crippen molar-refractivity contribution in [2.75, 3.05) is 0 Å². The molecule has 2 unspecified atom stereocenters. The number of benzene rings is 1. The maximum atomic E-state index is 6.33. The maximum Gasteiger partial charge on any atom is 0.123 e. The molecular weight excluding hydrogens is 220 g/mol. The zero-order valence-electron chi connectivity index (χ0n) is 10.6. The minimum Gasteiger partial charge on any atom is -0.489 e. The molecule has 2 bridgehead atoms. The van der Waals surface area contributed by atoms with E-state index < -0.39 is 0 Å². The molecule has 0 aromatic heterocycles. The monoisotopic (exact) mass is 238 g/mol. The average molecular weight is 238 g/mol. The highest BCUT2D eigenvalue weighted by Crippen LogP contribution is 2.62. The van der Waals surface area contributed by atoms with Crippen molar-refractivity contribution in [1.82, 2.24) is 0 Å². The van der Waals surface area contributed by atoms with Gasteiger partial charge in [-0.1, -0.05) is 30.7 Å². The fourth-order valence-electron chi connectivity index (χ4n) is 5.33. The highest BCUT2D eigenvalue weighted by Gasteiger charge is 2.60. The molecule has 0 N–H and O–H groups in total. The van der Waals surface area contributed by atoms with Crippen LogP contribution in [0.25, 0.3) is 0 Å². The van der Waals surface area contributed by atoms with Gasteiger partial charge < -0.3 is 4.74 Å². The summed E-state index contributed by atoms with van der Waals surface area (Å²) < 4.78 is 6.33. The van der Waals surface area contributed by atoms with Crippen LogP contribution in [0.1, 0.15) is 36.8 Å². The van der Waals surface area contributed by atoms with Crippen LogP contribution in [0.15, 0.2) is 30.4 Å². The van der Waals surface area contributed by atoms with E-state index in [0.717, 1.165) is 18.3 Å². The Morgan fingerprint density at radius 2 is 2.28 bits per heavy atom. The van der Waals surface area contributed by atoms with Crippen LogP contribution in [0.2, 0.25) is 0 Å². The summed E-state index contributed by atoms with van der Waals surface area (Å²) in [6, 6.07) is 6.72. The minimum atomic E-state index is 0.349. The van der Waals surface area contributed by atoms with E-state index in [2.05, 4.69) is 30.4 Å². The summed E-state index contributed by atoms with van der Waals surface area (Å²) in [5, 5.41) is 0. The van der Waals surface area contributed by atoms with Crippen LogP contribution in [0.5, 0.6) is 5.75 Å². The molecule has 1 aromatic rings. The molecule has 1 aromatic carbocycles. The number of hydrogen-bond donors (Lipinski definition) is 0. The third-order valence-corrected chi connectivity index (χ3v) is 5.87. The zero-order chi connectivity index (χ0) is 11.7. The number of ether oxygens (including phenoxy) is 1. The van der Waals surface area contributed by atoms with Crippen molar-refractivity contribution in [2.45, 2.75) is 43.6 Å². The van der Waals surface area contributed by atoms with Crippen LogP contribution < -0.4 is 4.74 Å². The summed E-state index contributed by atoms with van der Waals surface area (Å²) in [7, 11) is 0. The van der Waals surface area contributed by atoms with Gasteiger partial charge in [-0.15, -0.1) is 0 Å². The summed E-state index contributed by atoms with van der Waals surface area (Å²) in [6.45, 7) is 0. The molecule has 92 valence electrons. The molecule has 0 radical (unpaired) electrons. The van der Waals surface area contributed by atoms with Gasteiger partial charge in [0.05, 0.1) is 0 Å². The van der Waals surface area contributed by atoms with E-state index in [1.807, 2.05) is 0 Å². The smallest absolute Gasteiger partial charge is 0.123 e. The second-order valence-corrected chi connectivity index (χ2v) is 6.48. The third kappa shape index (κ3) is 0.899. The topological polar surface area (TPSA) is 9.23 Å². The van der Waals surface area contributed by atoms with Crippen LogP contribution >= 0.6 is 0 Å². The molecule has 1 spiro atoms. The first kappa shape index (κ1) is 9.66. The van der Waals surface area contributed by atoms with Gasteiger partial charge in [0.1, 0.15) is 11.9 Å². The number of hydrogen-bond acceptors (Lipinski definition) is 1. The van der Waals surface area contributed by atoms with Crippen LogP contribution in [-0.2, 0) is 11.8 Å². The fraction of sp³-hybridized carbons (Fsp3) is 0.529. The van der Waals surface area contributed by atoms with E-state index in [-0.39, 0.29) is 0 Å². The van der Waals surface area contributed by atoms with Crippen LogP contribution in [-0.4, -0.2) is 6.10 Å². The molecule has 18 heavy (non-hydrogen) atoms. The predicted molar refractivity (Wildman–Crippen MR) is 70.8 cm³/mol. The van der Waals surface area contributed by atoms with E-state index in [1.165, 1.54) is 31.4 Å². The van der Waals surface area contributed by atoms with Crippen molar-refractivity contribution < 1.29 is 4.74 Å². The third-order valence-electron chi connectivity index (χ3n) is 5.87. The Labute approximate surface area is 108 Å². The molecule has 0 saturated heterocycles. The van der Waals surface area contributed by atoms with Gasteiger partial charge in [-0.25, -0.2) is 0 Å². The SMILES string of the molecule is C1=CC2[C@@H]3CCC[C@@]24c2c(cccc2OC4C1)C3. The lowest BCUT2D eigenvalue weighted by molar-refractivity contribution is 0.0394. The van der Waals surface area contributed by atoms with Gasteiger partial charge in [0.25, 0.3) is 0 Å². The van der Waals surface area contributed by atoms with Gasteiger partial charge in [-0.2, -0.15) is 0 Å². The summed E-state index contributed by atoms with van der Waals surface area (Å²) in [6.07, 6.45) is 11.8. The molecule has 1 fully saturated rings. The first-order valence-electron chi connectivity index (χ1n) is 7.35. The Morgan fingerprint density at radius 1 is 1.28 bits per heavy atom. The first-order chi connectivity index (χ1) is 8.89. The second-order valence-electron chi connectivity index (χ2n) is 6.48. The van der Waals surface area contributed by atoms with Gasteiger partial charge in [0.15, 0.2) is 0 Å². The Morgan fingerprint density at radius 3 is 3.28 bits per heavy atom. The predicted octanol–water partition coefficient (Wildman–Crippen LogP) is 3.62. The largest absolute Gasteiger partial charge is 0.489 e. The molecular formula is C17H18O. The molecule has 5 rings (SSSR count). The summed E-state index contributed by atoms with van der Waals surface area (Å²) >= 11 is 0. The van der Waals surface area contributed by atoms with Crippen LogP contribution in [0.3, 0.4) is 0 Å². The van der Waals surface area contributed by atoms with Crippen molar-refractivity contribution in [3.05, 3.63) is 41.5 Å². The average Bonchev–Trinajstić information content (AvgIpc) is 2.70. The van der Waals surface area contributed by atoms with Crippen molar-refractivity contribution in [1.29, 1.82) is 0 Å². The number of allylic oxidation sites excluding steroid dienone is 1.